The molecule has 204 valence electrons. The van der Waals surface area contributed by atoms with Crippen LogP contribution in [0.1, 0.15) is 34.7 Å². The van der Waals surface area contributed by atoms with E-state index in [1.165, 1.54) is 5.69 Å². The zero-order chi connectivity index (χ0) is 27.1. The lowest BCUT2D eigenvalue weighted by molar-refractivity contribution is -0.124. The lowest BCUT2D eigenvalue weighted by Gasteiger charge is -2.37. The molecule has 0 radical (unpaired) electrons. The normalized spacial score (nSPS) is 22.4. The molecule has 0 aromatic heterocycles. The summed E-state index contributed by atoms with van der Waals surface area (Å²) in [7, 11) is 2.17. The van der Waals surface area contributed by atoms with Crippen LogP contribution in [-0.4, -0.2) is 73.6 Å². The van der Waals surface area contributed by atoms with E-state index in [9.17, 15) is 4.79 Å². The maximum Gasteiger partial charge on any atom is 0.252 e. The fraction of sp³-hybridized carbons (Fsp3) is 0.419. The van der Waals surface area contributed by atoms with Crippen molar-refractivity contribution in [3.8, 4) is 5.75 Å². The van der Waals surface area contributed by atoms with Gasteiger partial charge in [-0.2, -0.15) is 0 Å². The molecule has 3 aliphatic rings. The van der Waals surface area contributed by atoms with Gasteiger partial charge in [0.2, 0.25) is 0 Å². The maximum atomic E-state index is 13.1. The van der Waals surface area contributed by atoms with Crippen LogP contribution in [0.5, 0.6) is 5.75 Å². The number of piperazine rings is 1. The van der Waals surface area contributed by atoms with Gasteiger partial charge in [0.1, 0.15) is 24.4 Å². The molecule has 0 bridgehead atoms. The summed E-state index contributed by atoms with van der Waals surface area (Å²) in [5.74, 6) is 1.52. The second-order valence-electron chi connectivity index (χ2n) is 9.67. The molecule has 7 heteroatoms. The van der Waals surface area contributed by atoms with Gasteiger partial charge in [0.15, 0.2) is 0 Å². The number of allylic oxidation sites excluding steroid dienone is 1. The monoisotopic (exact) mass is 517 g/mol. The Bertz CT molecular complexity index is 1190. The van der Waals surface area contributed by atoms with Crippen LogP contribution in [0.3, 0.4) is 0 Å². The first-order chi connectivity index (χ1) is 18.5. The lowest BCUT2D eigenvalue weighted by Crippen LogP contribution is -2.51. The van der Waals surface area contributed by atoms with Gasteiger partial charge in [0, 0.05) is 57.1 Å². The molecule has 2 unspecified atom stereocenters. The highest BCUT2D eigenvalue weighted by Gasteiger charge is 2.34. The Morgan fingerprint density at radius 2 is 1.76 bits per heavy atom. The topological polar surface area (TPSA) is 60.4 Å². The van der Waals surface area contributed by atoms with Crippen molar-refractivity contribution in [1.29, 1.82) is 0 Å². The molecule has 7 nitrogen and oxygen atoms in total. The second-order valence-corrected chi connectivity index (χ2v) is 9.67. The summed E-state index contributed by atoms with van der Waals surface area (Å²) in [6, 6.07) is 16.5. The first-order valence-corrected chi connectivity index (χ1v) is 13.8. The Hall–Kier alpha value is -3.58. The number of aliphatic imine (C=N–C) groups is 1. The smallest absolute Gasteiger partial charge is 0.252 e. The summed E-state index contributed by atoms with van der Waals surface area (Å²) in [5.41, 5.74) is 4.30. The van der Waals surface area contributed by atoms with Crippen molar-refractivity contribution in [3.63, 3.8) is 0 Å². The van der Waals surface area contributed by atoms with Crippen LogP contribution in [0.15, 0.2) is 77.3 Å². The van der Waals surface area contributed by atoms with Crippen molar-refractivity contribution in [2.45, 2.75) is 46.3 Å². The number of fused-ring (bicyclic) bond motifs is 1. The molecule has 1 fully saturated rings. The first kappa shape index (κ1) is 27.5. The number of likely N-dealkylation sites (N-methyl/N-ethyl adjacent to an activating group) is 1. The Labute approximate surface area is 229 Å². The lowest BCUT2D eigenvalue weighted by atomic mass is 9.98. The highest BCUT2D eigenvalue weighted by Crippen LogP contribution is 2.29. The van der Waals surface area contributed by atoms with E-state index in [-0.39, 0.29) is 19.5 Å². The minimum Gasteiger partial charge on any atom is -0.491 e. The van der Waals surface area contributed by atoms with Crippen LogP contribution >= 0.6 is 0 Å². The van der Waals surface area contributed by atoms with Gasteiger partial charge in [0.25, 0.3) is 5.91 Å². The van der Waals surface area contributed by atoms with Gasteiger partial charge in [-0.25, -0.2) is 4.99 Å². The molecule has 0 spiro atoms. The predicted octanol–water partition coefficient (Wildman–Crippen LogP) is 5.22. The van der Waals surface area contributed by atoms with Crippen LogP contribution in [0.2, 0.25) is 0 Å². The third kappa shape index (κ3) is 6.27. The molecule has 0 aliphatic carbocycles. The number of nitrogens with zero attached hydrogens (tertiary/aromatic N) is 4. The van der Waals surface area contributed by atoms with Crippen molar-refractivity contribution >= 4 is 23.1 Å². The first-order valence-electron chi connectivity index (χ1n) is 13.8. The van der Waals surface area contributed by atoms with Crippen molar-refractivity contribution in [2.24, 2.45) is 4.99 Å². The Balaban J connectivity index is 0.00000137. The number of hydrogen-bond acceptors (Lipinski definition) is 6. The van der Waals surface area contributed by atoms with Crippen LogP contribution in [0.4, 0.5) is 11.4 Å². The fourth-order valence-electron chi connectivity index (χ4n) is 5.04. The third-order valence-electron chi connectivity index (χ3n) is 7.09. The molecule has 1 amide bonds. The van der Waals surface area contributed by atoms with E-state index >= 15 is 0 Å². The zero-order valence-electron chi connectivity index (χ0n) is 23.4. The summed E-state index contributed by atoms with van der Waals surface area (Å²) >= 11 is 0. The molecule has 2 aromatic rings. The standard InChI is InChI=1S/C29H35N5O2.C2H6.H2/c1-4-22-9-14-28(35)34(26-19-23-7-5-6-8-27(23)36-20-26)29(22)31-21(2)30-24-10-12-25(13-11-24)33-17-15-32(3)16-18-33;1-2;/h4-14,21,26,30H,15-20H2,1-3H3;1-2H3;1H/b22-4-,31-29+;;. The minimum atomic E-state index is -0.219. The molecule has 1 N–H and O–H groups in total. The fourth-order valence-corrected chi connectivity index (χ4v) is 5.04. The molecule has 1 saturated heterocycles. The van der Waals surface area contributed by atoms with E-state index in [1.807, 2.05) is 58.0 Å². The van der Waals surface area contributed by atoms with Crippen LogP contribution in [-0.2, 0) is 11.2 Å². The SMILES string of the molecule is C/C=C1/C=CC(=O)N(C2COc3ccccc3C2)/C1=N/C(C)Nc1ccc(N2CCN(C)CC2)cc1.CC.[HH]. The van der Waals surface area contributed by atoms with E-state index in [4.69, 9.17) is 9.73 Å². The number of benzene rings is 2. The molecule has 2 atom stereocenters. The molecule has 38 heavy (non-hydrogen) atoms. The second kappa shape index (κ2) is 12.8. The average Bonchev–Trinajstić information content (AvgIpc) is 2.95. The molecule has 2 aromatic carbocycles. The summed E-state index contributed by atoms with van der Waals surface area (Å²) in [6.45, 7) is 12.7. The highest BCUT2D eigenvalue weighted by atomic mass is 16.5. The number of carbonyl (C=O) groups is 1. The number of nitrogens with one attached hydrogen (secondary N) is 1. The Morgan fingerprint density at radius 3 is 2.47 bits per heavy atom. The summed E-state index contributed by atoms with van der Waals surface area (Å²) in [5, 5.41) is 3.49. The summed E-state index contributed by atoms with van der Waals surface area (Å²) in [6.07, 6.45) is 6.00. The quantitative estimate of drug-likeness (QED) is 0.590. The number of amides is 1. The van der Waals surface area contributed by atoms with E-state index in [2.05, 4.69) is 52.5 Å². The van der Waals surface area contributed by atoms with E-state index in [0.29, 0.717) is 12.4 Å². The Morgan fingerprint density at radius 1 is 1.05 bits per heavy atom. The van der Waals surface area contributed by atoms with Gasteiger partial charge >= 0.3 is 0 Å². The molecule has 0 saturated carbocycles. The zero-order valence-corrected chi connectivity index (χ0v) is 23.4. The molecule has 3 aliphatic heterocycles. The van der Waals surface area contributed by atoms with Gasteiger partial charge in [-0.3, -0.25) is 9.69 Å². The highest BCUT2D eigenvalue weighted by molar-refractivity contribution is 6.15. The van der Waals surface area contributed by atoms with Crippen LogP contribution < -0.4 is 15.0 Å². The van der Waals surface area contributed by atoms with Crippen LogP contribution in [0.25, 0.3) is 0 Å². The van der Waals surface area contributed by atoms with Crippen molar-refractivity contribution in [2.75, 3.05) is 50.1 Å². The minimum absolute atomic E-state index is 0. The van der Waals surface area contributed by atoms with Crippen molar-refractivity contribution < 1.29 is 11.0 Å². The summed E-state index contributed by atoms with van der Waals surface area (Å²) in [4.78, 5) is 24.6. The third-order valence-corrected chi connectivity index (χ3v) is 7.09. The number of carbonyl (C=O) groups excluding carboxylic acids is 1. The summed E-state index contributed by atoms with van der Waals surface area (Å²) < 4.78 is 6.01. The molecular formula is C31H43N5O2. The van der Waals surface area contributed by atoms with Crippen molar-refractivity contribution in [3.05, 3.63) is 77.9 Å². The van der Waals surface area contributed by atoms with Gasteiger partial charge in [-0.1, -0.05) is 38.1 Å². The van der Waals surface area contributed by atoms with Crippen molar-refractivity contribution in [1.82, 2.24) is 9.80 Å². The average molecular weight is 518 g/mol. The van der Waals surface area contributed by atoms with Gasteiger partial charge in [-0.15, -0.1) is 0 Å². The number of amidine groups is 1. The number of rotatable bonds is 5. The molecule has 3 heterocycles. The van der Waals surface area contributed by atoms with E-state index in [0.717, 1.165) is 55.2 Å². The number of ether oxygens (including phenoxy) is 1. The van der Waals surface area contributed by atoms with Gasteiger partial charge in [0.05, 0.1) is 6.04 Å². The Kier molecular flexibility index (Phi) is 9.24. The predicted molar refractivity (Wildman–Crippen MR) is 159 cm³/mol. The van der Waals surface area contributed by atoms with Gasteiger partial charge < -0.3 is 19.9 Å². The number of para-hydroxylation sites is 1. The van der Waals surface area contributed by atoms with E-state index in [1.54, 1.807) is 11.0 Å². The number of hydrogen-bond donors (Lipinski definition) is 1. The largest absolute Gasteiger partial charge is 0.491 e. The number of anilines is 2. The molecular weight excluding hydrogens is 474 g/mol. The maximum absolute atomic E-state index is 13.1. The molecule has 5 rings (SSSR count). The van der Waals surface area contributed by atoms with E-state index < -0.39 is 0 Å². The van der Waals surface area contributed by atoms with Crippen LogP contribution in [0, 0.1) is 0 Å². The van der Waals surface area contributed by atoms with Gasteiger partial charge in [-0.05, 0) is 62.9 Å².